The molecule has 1 rings (SSSR count). The average molecular weight is 237 g/mol. The molecule has 0 saturated carbocycles. The number of ether oxygens (including phenoxy) is 1. The lowest BCUT2D eigenvalue weighted by Crippen LogP contribution is -2.17. The van der Waals surface area contributed by atoms with Gasteiger partial charge in [-0.2, -0.15) is 0 Å². The van der Waals surface area contributed by atoms with E-state index in [0.29, 0.717) is 12.4 Å². The molecule has 0 radical (unpaired) electrons. The summed E-state index contributed by atoms with van der Waals surface area (Å²) in [6, 6.07) is 3.36. The van der Waals surface area contributed by atoms with Gasteiger partial charge in [-0.25, -0.2) is 0 Å². The van der Waals surface area contributed by atoms with Gasteiger partial charge < -0.3 is 15.6 Å². The largest absolute Gasteiger partial charge is 0.493 e. The first kappa shape index (κ1) is 13.5. The van der Waals surface area contributed by atoms with E-state index in [1.165, 1.54) is 0 Å². The molecule has 4 heteroatoms. The molecule has 0 aliphatic heterocycles. The zero-order valence-electron chi connectivity index (χ0n) is 10.5. The number of nitrogens with two attached hydrogens (primary N) is 1. The van der Waals surface area contributed by atoms with Crippen LogP contribution in [0.15, 0.2) is 12.1 Å². The predicted molar refractivity (Wildman–Crippen MR) is 66.3 cm³/mol. The van der Waals surface area contributed by atoms with Crippen LogP contribution >= 0.6 is 0 Å². The molecule has 0 bridgehead atoms. The van der Waals surface area contributed by atoms with Gasteiger partial charge >= 0.3 is 5.97 Å². The molecule has 1 aromatic carbocycles. The van der Waals surface area contributed by atoms with Crippen LogP contribution in [0.1, 0.15) is 36.1 Å². The van der Waals surface area contributed by atoms with E-state index in [1.54, 1.807) is 0 Å². The summed E-state index contributed by atoms with van der Waals surface area (Å²) in [6.07, 6.45) is -0.0943. The molecular weight excluding hydrogens is 218 g/mol. The second-order valence-corrected chi connectivity index (χ2v) is 4.14. The van der Waals surface area contributed by atoms with Crippen LogP contribution in [0, 0.1) is 13.8 Å². The van der Waals surface area contributed by atoms with Crippen LogP contribution in [0.3, 0.4) is 0 Å². The number of carboxylic acids is 1. The highest BCUT2D eigenvalue weighted by Gasteiger charge is 2.17. The Hall–Kier alpha value is -1.55. The Labute approximate surface area is 101 Å². The number of hydrogen-bond acceptors (Lipinski definition) is 3. The zero-order chi connectivity index (χ0) is 13.0. The van der Waals surface area contributed by atoms with E-state index >= 15 is 0 Å². The van der Waals surface area contributed by atoms with Crippen molar-refractivity contribution in [3.05, 3.63) is 28.8 Å². The molecule has 0 aliphatic rings. The molecule has 0 saturated heterocycles. The van der Waals surface area contributed by atoms with Crippen LogP contribution in [0.5, 0.6) is 5.75 Å². The van der Waals surface area contributed by atoms with Gasteiger partial charge in [0.25, 0.3) is 0 Å². The topological polar surface area (TPSA) is 72.5 Å². The van der Waals surface area contributed by atoms with Gasteiger partial charge in [0, 0.05) is 11.6 Å². The Morgan fingerprint density at radius 3 is 2.65 bits per heavy atom. The lowest BCUT2D eigenvalue weighted by Gasteiger charge is -2.18. The minimum absolute atomic E-state index is 0.0943. The number of aliphatic carboxylic acids is 1. The molecule has 1 atom stereocenters. The van der Waals surface area contributed by atoms with E-state index in [1.807, 2.05) is 32.9 Å². The van der Waals surface area contributed by atoms with Crippen LogP contribution in [0.25, 0.3) is 0 Å². The Kier molecular flexibility index (Phi) is 4.52. The van der Waals surface area contributed by atoms with E-state index in [2.05, 4.69) is 0 Å². The number of rotatable bonds is 5. The number of aryl methyl sites for hydroxylation is 2. The first-order valence-corrected chi connectivity index (χ1v) is 5.67. The average Bonchev–Trinajstić information content (AvgIpc) is 2.20. The van der Waals surface area contributed by atoms with Crippen molar-refractivity contribution in [1.82, 2.24) is 0 Å². The Morgan fingerprint density at radius 1 is 1.47 bits per heavy atom. The molecule has 0 aromatic heterocycles. The summed E-state index contributed by atoms with van der Waals surface area (Å²) in [5, 5.41) is 8.78. The molecule has 17 heavy (non-hydrogen) atoms. The molecule has 0 fully saturated rings. The van der Waals surface area contributed by atoms with E-state index in [4.69, 9.17) is 15.6 Å². The molecule has 0 spiro atoms. The summed E-state index contributed by atoms with van der Waals surface area (Å²) in [4.78, 5) is 10.7. The summed E-state index contributed by atoms with van der Waals surface area (Å²) in [7, 11) is 0. The lowest BCUT2D eigenvalue weighted by molar-refractivity contribution is -0.137. The lowest BCUT2D eigenvalue weighted by atomic mass is 9.98. The molecule has 0 amide bonds. The number of carbonyl (C=O) groups is 1. The fraction of sp³-hybridized carbons (Fsp3) is 0.462. The standard InChI is InChI=1S/C13H19NO3/c1-4-17-13-9(3)5-8(2)6-10(13)11(14)7-12(15)16/h5-6,11H,4,7,14H2,1-3H3,(H,15,16). The molecule has 3 N–H and O–H groups in total. The highest BCUT2D eigenvalue weighted by molar-refractivity contribution is 5.68. The zero-order valence-corrected chi connectivity index (χ0v) is 10.5. The molecule has 1 unspecified atom stereocenters. The van der Waals surface area contributed by atoms with Crippen molar-refractivity contribution in [2.75, 3.05) is 6.61 Å². The van der Waals surface area contributed by atoms with E-state index < -0.39 is 12.0 Å². The minimum Gasteiger partial charge on any atom is -0.493 e. The van der Waals surface area contributed by atoms with E-state index in [9.17, 15) is 4.79 Å². The molecule has 4 nitrogen and oxygen atoms in total. The van der Waals surface area contributed by atoms with Gasteiger partial charge in [-0.05, 0) is 26.3 Å². The Balaban J connectivity index is 3.14. The van der Waals surface area contributed by atoms with Crippen LogP contribution in [-0.2, 0) is 4.79 Å². The predicted octanol–water partition coefficient (Wildman–Crippen LogP) is 2.18. The van der Waals surface area contributed by atoms with Crippen LogP contribution < -0.4 is 10.5 Å². The minimum atomic E-state index is -0.904. The van der Waals surface area contributed by atoms with Gasteiger partial charge in [-0.15, -0.1) is 0 Å². The van der Waals surface area contributed by atoms with Crippen molar-refractivity contribution in [2.24, 2.45) is 5.73 Å². The molecule has 1 aromatic rings. The number of carboxylic acid groups (broad SMARTS) is 1. The monoisotopic (exact) mass is 237 g/mol. The third-order valence-electron chi connectivity index (χ3n) is 2.53. The van der Waals surface area contributed by atoms with Crippen LogP contribution in [0.2, 0.25) is 0 Å². The highest BCUT2D eigenvalue weighted by Crippen LogP contribution is 2.30. The van der Waals surface area contributed by atoms with Gasteiger partial charge in [-0.1, -0.05) is 17.7 Å². The fourth-order valence-electron chi connectivity index (χ4n) is 1.90. The maximum Gasteiger partial charge on any atom is 0.305 e. The van der Waals surface area contributed by atoms with Gasteiger partial charge in [-0.3, -0.25) is 4.79 Å². The molecule has 0 heterocycles. The number of hydrogen-bond donors (Lipinski definition) is 2. The Bertz CT molecular complexity index is 415. The van der Waals surface area contributed by atoms with Gasteiger partial charge in [0.1, 0.15) is 5.75 Å². The highest BCUT2D eigenvalue weighted by atomic mass is 16.5. The summed E-state index contributed by atoms with van der Waals surface area (Å²) in [6.45, 7) is 6.33. The number of benzene rings is 1. The molecule has 0 aliphatic carbocycles. The van der Waals surface area contributed by atoms with Crippen molar-refractivity contribution in [2.45, 2.75) is 33.2 Å². The first-order chi connectivity index (χ1) is 7.95. The SMILES string of the molecule is CCOc1c(C)cc(C)cc1C(N)CC(=O)O. The molecular formula is C13H19NO3. The van der Waals surface area contributed by atoms with Crippen molar-refractivity contribution in [3.8, 4) is 5.75 Å². The Morgan fingerprint density at radius 2 is 2.12 bits per heavy atom. The van der Waals surface area contributed by atoms with Crippen molar-refractivity contribution in [1.29, 1.82) is 0 Å². The normalized spacial score (nSPS) is 12.2. The molecule has 94 valence electrons. The maximum absolute atomic E-state index is 10.7. The summed E-state index contributed by atoms with van der Waals surface area (Å²) >= 11 is 0. The summed E-state index contributed by atoms with van der Waals surface area (Å²) in [5.74, 6) is -0.189. The van der Waals surface area contributed by atoms with Crippen LogP contribution in [-0.4, -0.2) is 17.7 Å². The second kappa shape index (κ2) is 5.68. The van der Waals surface area contributed by atoms with Crippen molar-refractivity contribution in [3.63, 3.8) is 0 Å². The quantitative estimate of drug-likeness (QED) is 0.823. The van der Waals surface area contributed by atoms with Crippen molar-refractivity contribution >= 4 is 5.97 Å². The van der Waals surface area contributed by atoms with E-state index in [0.717, 1.165) is 16.7 Å². The van der Waals surface area contributed by atoms with Gasteiger partial charge in [0.2, 0.25) is 0 Å². The summed E-state index contributed by atoms with van der Waals surface area (Å²) in [5.41, 5.74) is 8.72. The van der Waals surface area contributed by atoms with E-state index in [-0.39, 0.29) is 6.42 Å². The van der Waals surface area contributed by atoms with Gasteiger partial charge in [0.15, 0.2) is 0 Å². The fourth-order valence-corrected chi connectivity index (χ4v) is 1.90. The van der Waals surface area contributed by atoms with Crippen molar-refractivity contribution < 1.29 is 14.6 Å². The summed E-state index contributed by atoms with van der Waals surface area (Å²) < 4.78 is 5.55. The third kappa shape index (κ3) is 3.46. The third-order valence-corrected chi connectivity index (χ3v) is 2.53. The smallest absolute Gasteiger partial charge is 0.305 e. The van der Waals surface area contributed by atoms with Crippen LogP contribution in [0.4, 0.5) is 0 Å². The van der Waals surface area contributed by atoms with Gasteiger partial charge in [0.05, 0.1) is 13.0 Å². The maximum atomic E-state index is 10.7. The first-order valence-electron chi connectivity index (χ1n) is 5.67. The second-order valence-electron chi connectivity index (χ2n) is 4.14.